The number of thioether (sulfide) groups is 1. The van der Waals surface area contributed by atoms with Gasteiger partial charge in [0, 0.05) is 10.2 Å². The van der Waals surface area contributed by atoms with E-state index in [-0.39, 0.29) is 15.9 Å². The molecule has 5 nitrogen and oxygen atoms in total. The van der Waals surface area contributed by atoms with Crippen LogP contribution in [0.3, 0.4) is 0 Å². The van der Waals surface area contributed by atoms with Crippen LogP contribution in [-0.2, 0) is 11.0 Å². The minimum Gasteiger partial charge on any atom is -0.325 e. The number of anilines is 1. The number of rotatable bonds is 5. The van der Waals surface area contributed by atoms with E-state index in [0.717, 1.165) is 29.1 Å². The first-order valence-electron chi connectivity index (χ1n) is 8.43. The monoisotopic (exact) mass is 484 g/mol. The van der Waals surface area contributed by atoms with Crippen molar-refractivity contribution in [2.24, 2.45) is 0 Å². The first-order chi connectivity index (χ1) is 13.6. The van der Waals surface area contributed by atoms with Crippen LogP contribution in [0, 0.1) is 13.8 Å². The summed E-state index contributed by atoms with van der Waals surface area (Å²) in [5.41, 5.74) is 0.702. The Bertz CT molecular complexity index is 1050. The number of aromatic nitrogens is 3. The third kappa shape index (κ3) is 5.18. The predicted octanol–water partition coefficient (Wildman–Crippen LogP) is 5.40. The van der Waals surface area contributed by atoms with Gasteiger partial charge in [0.2, 0.25) is 5.91 Å². The molecule has 3 aromatic rings. The fourth-order valence-corrected chi connectivity index (χ4v) is 3.84. The van der Waals surface area contributed by atoms with Crippen LogP contribution in [0.5, 0.6) is 0 Å². The molecule has 29 heavy (non-hydrogen) atoms. The maximum absolute atomic E-state index is 13.2. The number of carbonyl (C=O) groups is 1. The topological polar surface area (TPSA) is 59.8 Å². The molecule has 0 bridgehead atoms. The number of hydrogen-bond donors (Lipinski definition) is 1. The first-order valence-corrected chi connectivity index (χ1v) is 10.2. The van der Waals surface area contributed by atoms with Gasteiger partial charge < -0.3 is 5.32 Å². The maximum atomic E-state index is 13.2. The lowest BCUT2D eigenvalue weighted by atomic mass is 10.1. The molecule has 0 atom stereocenters. The second kappa shape index (κ2) is 8.58. The van der Waals surface area contributed by atoms with E-state index in [1.54, 1.807) is 11.5 Å². The Morgan fingerprint density at radius 1 is 1.17 bits per heavy atom. The number of alkyl halides is 3. The smallest absolute Gasteiger partial charge is 0.325 e. The standard InChI is InChI=1S/C19H16BrF3N4OS/c1-11-4-3-5-14(8-11)27-12(2)25-26-18(27)29-10-17(28)24-16-7-6-13(20)9-15(16)19(21,22)23/h3-9H,10H2,1-2H3,(H,24,28). The highest BCUT2D eigenvalue weighted by atomic mass is 79.9. The van der Waals surface area contributed by atoms with Crippen LogP contribution in [0.25, 0.3) is 5.69 Å². The molecule has 2 aromatic carbocycles. The van der Waals surface area contributed by atoms with Gasteiger partial charge in [-0.2, -0.15) is 13.2 Å². The molecule has 0 radical (unpaired) electrons. The van der Waals surface area contributed by atoms with Gasteiger partial charge in [-0.15, -0.1) is 10.2 Å². The number of hydrogen-bond acceptors (Lipinski definition) is 4. The van der Waals surface area contributed by atoms with E-state index in [2.05, 4.69) is 31.4 Å². The summed E-state index contributed by atoms with van der Waals surface area (Å²) in [6.45, 7) is 3.75. The van der Waals surface area contributed by atoms with E-state index in [1.807, 2.05) is 31.2 Å². The Morgan fingerprint density at radius 2 is 1.93 bits per heavy atom. The summed E-state index contributed by atoms with van der Waals surface area (Å²) >= 11 is 4.12. The molecule has 0 spiro atoms. The molecule has 10 heteroatoms. The van der Waals surface area contributed by atoms with Gasteiger partial charge in [-0.05, 0) is 49.7 Å². The van der Waals surface area contributed by atoms with Gasteiger partial charge in [0.25, 0.3) is 0 Å². The average Bonchev–Trinajstić information content (AvgIpc) is 3.01. The molecule has 3 rings (SSSR count). The van der Waals surface area contributed by atoms with Crippen LogP contribution < -0.4 is 5.32 Å². The van der Waals surface area contributed by atoms with E-state index in [4.69, 9.17) is 0 Å². The number of halogens is 4. The van der Waals surface area contributed by atoms with Gasteiger partial charge in [-0.3, -0.25) is 9.36 Å². The lowest BCUT2D eigenvalue weighted by Gasteiger charge is -2.14. The third-order valence-corrected chi connectivity index (χ3v) is 5.37. The number of nitrogens with one attached hydrogen (secondary N) is 1. The summed E-state index contributed by atoms with van der Waals surface area (Å²) in [6, 6.07) is 11.3. The quantitative estimate of drug-likeness (QED) is 0.492. The largest absolute Gasteiger partial charge is 0.418 e. The lowest BCUT2D eigenvalue weighted by Crippen LogP contribution is -2.18. The van der Waals surface area contributed by atoms with Crippen LogP contribution in [0.1, 0.15) is 17.0 Å². The Balaban J connectivity index is 1.75. The van der Waals surface area contributed by atoms with Gasteiger partial charge in [-0.25, -0.2) is 0 Å². The summed E-state index contributed by atoms with van der Waals surface area (Å²) < 4.78 is 41.7. The highest BCUT2D eigenvalue weighted by molar-refractivity contribution is 9.10. The van der Waals surface area contributed by atoms with Crippen LogP contribution >= 0.6 is 27.7 Å². The van der Waals surface area contributed by atoms with Crippen molar-refractivity contribution >= 4 is 39.3 Å². The molecule has 0 aliphatic rings. The summed E-state index contributed by atoms with van der Waals surface area (Å²) in [5, 5.41) is 10.9. The van der Waals surface area contributed by atoms with Gasteiger partial charge in [-0.1, -0.05) is 39.8 Å². The summed E-state index contributed by atoms with van der Waals surface area (Å²) in [4.78, 5) is 12.3. The Labute approximate surface area is 177 Å². The van der Waals surface area contributed by atoms with Crippen molar-refractivity contribution in [3.63, 3.8) is 0 Å². The Morgan fingerprint density at radius 3 is 2.62 bits per heavy atom. The van der Waals surface area contributed by atoms with Gasteiger partial charge in [0.05, 0.1) is 17.0 Å². The first kappa shape index (κ1) is 21.4. The number of aryl methyl sites for hydroxylation is 2. The number of carbonyl (C=O) groups excluding carboxylic acids is 1. The zero-order chi connectivity index (χ0) is 21.2. The summed E-state index contributed by atoms with van der Waals surface area (Å²) in [5.74, 6) is -0.0397. The zero-order valence-corrected chi connectivity index (χ0v) is 17.8. The van der Waals surface area contributed by atoms with Crippen molar-refractivity contribution in [3.8, 4) is 5.69 Å². The van der Waals surface area contributed by atoms with Crippen molar-refractivity contribution in [2.75, 3.05) is 11.1 Å². The van der Waals surface area contributed by atoms with Crippen molar-refractivity contribution in [2.45, 2.75) is 25.2 Å². The van der Waals surface area contributed by atoms with Crippen molar-refractivity contribution in [3.05, 3.63) is 63.9 Å². The molecule has 1 heterocycles. The molecule has 0 saturated carbocycles. The second-order valence-corrected chi connectivity index (χ2v) is 8.09. The highest BCUT2D eigenvalue weighted by Gasteiger charge is 2.34. The van der Waals surface area contributed by atoms with Crippen molar-refractivity contribution < 1.29 is 18.0 Å². The molecule has 0 fully saturated rings. The molecule has 0 aliphatic carbocycles. The lowest BCUT2D eigenvalue weighted by molar-refractivity contribution is -0.137. The minimum absolute atomic E-state index is 0.114. The maximum Gasteiger partial charge on any atom is 0.418 e. The van der Waals surface area contributed by atoms with E-state index in [9.17, 15) is 18.0 Å². The van der Waals surface area contributed by atoms with Crippen LogP contribution in [0.2, 0.25) is 0 Å². The Kier molecular flexibility index (Phi) is 6.33. The SMILES string of the molecule is Cc1cccc(-n2c(C)nnc2SCC(=O)Nc2ccc(Br)cc2C(F)(F)F)c1. The average molecular weight is 485 g/mol. The second-order valence-electron chi connectivity index (χ2n) is 6.23. The normalized spacial score (nSPS) is 11.5. The molecule has 1 amide bonds. The number of amides is 1. The molecule has 1 N–H and O–H groups in total. The van der Waals surface area contributed by atoms with Crippen LogP contribution in [0.4, 0.5) is 18.9 Å². The highest BCUT2D eigenvalue weighted by Crippen LogP contribution is 2.36. The van der Waals surface area contributed by atoms with Crippen molar-refractivity contribution in [1.82, 2.24) is 14.8 Å². The summed E-state index contributed by atoms with van der Waals surface area (Å²) in [7, 11) is 0. The molecule has 152 valence electrons. The molecule has 0 aliphatic heterocycles. The molecule has 0 saturated heterocycles. The fraction of sp³-hybridized carbons (Fsp3) is 0.211. The number of benzene rings is 2. The molecule has 0 unspecified atom stereocenters. The zero-order valence-electron chi connectivity index (χ0n) is 15.4. The number of nitrogens with zero attached hydrogens (tertiary/aromatic N) is 3. The Hall–Kier alpha value is -2.33. The third-order valence-electron chi connectivity index (χ3n) is 3.95. The van der Waals surface area contributed by atoms with E-state index in [0.29, 0.717) is 11.0 Å². The summed E-state index contributed by atoms with van der Waals surface area (Å²) in [6.07, 6.45) is -4.58. The van der Waals surface area contributed by atoms with Crippen LogP contribution in [0.15, 0.2) is 52.1 Å². The van der Waals surface area contributed by atoms with Crippen molar-refractivity contribution in [1.29, 1.82) is 0 Å². The molecule has 1 aromatic heterocycles. The van der Waals surface area contributed by atoms with E-state index >= 15 is 0 Å². The van der Waals surface area contributed by atoms with Gasteiger partial charge in [0.15, 0.2) is 5.16 Å². The van der Waals surface area contributed by atoms with E-state index in [1.165, 1.54) is 12.1 Å². The van der Waals surface area contributed by atoms with Gasteiger partial charge in [0.1, 0.15) is 5.82 Å². The molecular formula is C19H16BrF3N4OS. The van der Waals surface area contributed by atoms with E-state index < -0.39 is 17.6 Å². The molecular weight excluding hydrogens is 469 g/mol. The van der Waals surface area contributed by atoms with Crippen LogP contribution in [-0.4, -0.2) is 26.4 Å². The minimum atomic E-state index is -4.58. The van der Waals surface area contributed by atoms with Gasteiger partial charge >= 0.3 is 6.18 Å². The predicted molar refractivity (Wildman–Crippen MR) is 109 cm³/mol. The fourth-order valence-electron chi connectivity index (χ4n) is 2.68.